The van der Waals surface area contributed by atoms with Crippen LogP contribution in [-0.2, 0) is 4.74 Å². The minimum absolute atomic E-state index is 0.269. The van der Waals surface area contributed by atoms with Crippen molar-refractivity contribution in [2.24, 2.45) is 0 Å². The summed E-state index contributed by atoms with van der Waals surface area (Å²) in [7, 11) is 0. The van der Waals surface area contributed by atoms with Gasteiger partial charge in [-0.25, -0.2) is 0 Å². The van der Waals surface area contributed by atoms with Crippen LogP contribution in [0.2, 0.25) is 0 Å². The van der Waals surface area contributed by atoms with Gasteiger partial charge in [0.15, 0.2) is 5.06 Å². The van der Waals surface area contributed by atoms with Crippen molar-refractivity contribution >= 4 is 11.6 Å². The molecule has 1 rings (SSSR count). The van der Waals surface area contributed by atoms with Gasteiger partial charge in [-0.15, -0.1) is 0 Å². The summed E-state index contributed by atoms with van der Waals surface area (Å²) in [6.45, 7) is 4.11. The number of halogens is 1. The highest BCUT2D eigenvalue weighted by molar-refractivity contribution is 6.24. The Hall–Kier alpha value is 0.250. The second-order valence-electron chi connectivity index (χ2n) is 2.30. The van der Waals surface area contributed by atoms with E-state index in [1.807, 2.05) is 6.92 Å². The number of rotatable bonds is 2. The van der Waals surface area contributed by atoms with Gasteiger partial charge in [-0.05, 0) is 13.3 Å². The molecule has 2 unspecified atom stereocenters. The number of hydrogen-bond acceptors (Lipinski definition) is 1. The molecular formula is C6H11ClO. The van der Waals surface area contributed by atoms with Crippen molar-refractivity contribution in [3.63, 3.8) is 0 Å². The molecular weight excluding hydrogens is 124 g/mol. The lowest BCUT2D eigenvalue weighted by atomic mass is 10.2. The van der Waals surface area contributed by atoms with Crippen LogP contribution < -0.4 is 0 Å². The second kappa shape index (κ2) is 1.89. The highest BCUT2D eigenvalue weighted by Gasteiger charge is 2.50. The highest BCUT2D eigenvalue weighted by atomic mass is 35.5. The van der Waals surface area contributed by atoms with Gasteiger partial charge < -0.3 is 4.74 Å². The van der Waals surface area contributed by atoms with Gasteiger partial charge in [0.1, 0.15) is 6.10 Å². The van der Waals surface area contributed by atoms with E-state index in [2.05, 4.69) is 6.92 Å². The first-order valence-corrected chi connectivity index (χ1v) is 3.43. The Morgan fingerprint density at radius 2 is 2.25 bits per heavy atom. The lowest BCUT2D eigenvalue weighted by molar-refractivity contribution is 0.345. The molecule has 0 aromatic carbocycles. The first-order chi connectivity index (χ1) is 3.69. The molecule has 0 spiro atoms. The first kappa shape index (κ1) is 6.37. The molecule has 0 aliphatic carbocycles. The molecule has 1 aliphatic rings. The second-order valence-corrected chi connectivity index (χ2v) is 2.94. The van der Waals surface area contributed by atoms with Crippen LogP contribution in [0.25, 0.3) is 0 Å². The molecule has 0 N–H and O–H groups in total. The van der Waals surface area contributed by atoms with Crippen LogP contribution in [0, 0.1) is 0 Å². The number of ether oxygens (including phenoxy) is 1. The van der Waals surface area contributed by atoms with Crippen LogP contribution in [0.3, 0.4) is 0 Å². The van der Waals surface area contributed by atoms with E-state index in [-0.39, 0.29) is 11.2 Å². The van der Waals surface area contributed by atoms with Gasteiger partial charge in [0.05, 0.1) is 0 Å². The third-order valence-corrected chi connectivity index (χ3v) is 2.10. The van der Waals surface area contributed by atoms with E-state index in [1.54, 1.807) is 0 Å². The van der Waals surface area contributed by atoms with Crippen molar-refractivity contribution in [1.29, 1.82) is 0 Å². The highest BCUT2D eigenvalue weighted by Crippen LogP contribution is 2.43. The Bertz CT molecular complexity index is 94.5. The monoisotopic (exact) mass is 134 g/mol. The Morgan fingerprint density at radius 3 is 2.38 bits per heavy atom. The van der Waals surface area contributed by atoms with Gasteiger partial charge >= 0.3 is 0 Å². The van der Waals surface area contributed by atoms with E-state index >= 15 is 0 Å². The molecule has 1 nitrogen and oxygen atoms in total. The standard InChI is InChI=1S/C6H11ClO/c1-3-4-6(7)5(2)8-6/h5H,3-4H2,1-2H3. The lowest BCUT2D eigenvalue weighted by Gasteiger charge is -1.96. The minimum Gasteiger partial charge on any atom is -0.350 e. The molecule has 1 aliphatic heterocycles. The van der Waals surface area contributed by atoms with E-state index in [4.69, 9.17) is 16.3 Å². The smallest absolute Gasteiger partial charge is 0.168 e. The van der Waals surface area contributed by atoms with Crippen molar-refractivity contribution in [1.82, 2.24) is 0 Å². The summed E-state index contributed by atoms with van der Waals surface area (Å²) < 4.78 is 5.11. The van der Waals surface area contributed by atoms with Gasteiger partial charge in [-0.3, -0.25) is 0 Å². The average molecular weight is 135 g/mol. The van der Waals surface area contributed by atoms with Crippen molar-refractivity contribution in [3.8, 4) is 0 Å². The van der Waals surface area contributed by atoms with Crippen LogP contribution >= 0.6 is 11.6 Å². The van der Waals surface area contributed by atoms with E-state index < -0.39 is 0 Å². The van der Waals surface area contributed by atoms with Crippen LogP contribution in [0.15, 0.2) is 0 Å². The Kier molecular flexibility index (Phi) is 1.50. The van der Waals surface area contributed by atoms with Gasteiger partial charge in [0.25, 0.3) is 0 Å². The third-order valence-electron chi connectivity index (χ3n) is 1.51. The van der Waals surface area contributed by atoms with Gasteiger partial charge in [-0.2, -0.15) is 0 Å². The van der Waals surface area contributed by atoms with E-state index in [0.29, 0.717) is 0 Å². The number of epoxide rings is 1. The van der Waals surface area contributed by atoms with E-state index in [9.17, 15) is 0 Å². The molecule has 0 radical (unpaired) electrons. The largest absolute Gasteiger partial charge is 0.350 e. The molecule has 1 fully saturated rings. The summed E-state index contributed by atoms with van der Waals surface area (Å²) in [5, 5.41) is -0.269. The Balaban J connectivity index is 2.25. The fraction of sp³-hybridized carbons (Fsp3) is 1.00. The van der Waals surface area contributed by atoms with Crippen LogP contribution in [0.1, 0.15) is 26.7 Å². The molecule has 48 valence electrons. The molecule has 2 heteroatoms. The zero-order chi connectivity index (χ0) is 6.20. The maximum absolute atomic E-state index is 5.87. The van der Waals surface area contributed by atoms with Gasteiger partial charge in [-0.1, -0.05) is 24.9 Å². The average Bonchev–Trinajstić information content (AvgIpc) is 2.16. The molecule has 0 aromatic heterocycles. The SMILES string of the molecule is CCCC1(Cl)OC1C. The topological polar surface area (TPSA) is 12.5 Å². The zero-order valence-corrected chi connectivity index (χ0v) is 6.03. The van der Waals surface area contributed by atoms with Crippen LogP contribution in [-0.4, -0.2) is 11.2 Å². The summed E-state index contributed by atoms with van der Waals surface area (Å²) in [6, 6.07) is 0. The maximum atomic E-state index is 5.87. The Morgan fingerprint density at radius 1 is 1.75 bits per heavy atom. The normalized spacial score (nSPS) is 44.6. The van der Waals surface area contributed by atoms with Crippen molar-refractivity contribution in [2.45, 2.75) is 37.9 Å². The molecule has 0 aromatic rings. The zero-order valence-electron chi connectivity index (χ0n) is 5.28. The summed E-state index contributed by atoms with van der Waals surface area (Å²) in [5.41, 5.74) is 0. The fourth-order valence-electron chi connectivity index (χ4n) is 0.863. The van der Waals surface area contributed by atoms with Crippen LogP contribution in [0.4, 0.5) is 0 Å². The van der Waals surface area contributed by atoms with E-state index in [1.165, 1.54) is 0 Å². The quantitative estimate of drug-likeness (QED) is 0.417. The summed E-state index contributed by atoms with van der Waals surface area (Å²) in [4.78, 5) is 0. The molecule has 0 amide bonds. The summed E-state index contributed by atoms with van der Waals surface area (Å²) in [6.07, 6.45) is 2.37. The predicted octanol–water partition coefficient (Wildman–Crippen LogP) is 2.14. The van der Waals surface area contributed by atoms with Crippen LogP contribution in [0.5, 0.6) is 0 Å². The predicted molar refractivity (Wildman–Crippen MR) is 34.0 cm³/mol. The fourth-order valence-corrected chi connectivity index (χ4v) is 1.19. The molecule has 1 heterocycles. The van der Waals surface area contributed by atoms with Crippen molar-refractivity contribution < 1.29 is 4.74 Å². The first-order valence-electron chi connectivity index (χ1n) is 3.06. The summed E-state index contributed by atoms with van der Waals surface area (Å²) >= 11 is 5.87. The molecule has 2 atom stereocenters. The minimum atomic E-state index is -0.269. The van der Waals surface area contributed by atoms with Gasteiger partial charge in [0, 0.05) is 0 Å². The molecule has 1 saturated heterocycles. The van der Waals surface area contributed by atoms with Crippen molar-refractivity contribution in [3.05, 3.63) is 0 Å². The van der Waals surface area contributed by atoms with Gasteiger partial charge in [0.2, 0.25) is 0 Å². The van der Waals surface area contributed by atoms with Crippen molar-refractivity contribution in [2.75, 3.05) is 0 Å². The van der Waals surface area contributed by atoms with E-state index in [0.717, 1.165) is 12.8 Å². The lowest BCUT2D eigenvalue weighted by Crippen LogP contribution is -2.01. The molecule has 8 heavy (non-hydrogen) atoms. The molecule has 0 saturated carbocycles. The Labute approximate surface area is 55.0 Å². The maximum Gasteiger partial charge on any atom is 0.168 e. The third kappa shape index (κ3) is 0.981. The number of alkyl halides is 1. The molecule has 0 bridgehead atoms. The summed E-state index contributed by atoms with van der Waals surface area (Å²) in [5.74, 6) is 0. The number of hydrogen-bond donors (Lipinski definition) is 0.